The van der Waals surface area contributed by atoms with Crippen molar-refractivity contribution in [2.45, 2.75) is 19.8 Å². The van der Waals surface area contributed by atoms with Gasteiger partial charge < -0.3 is 5.11 Å². The molecule has 0 bridgehead atoms. The summed E-state index contributed by atoms with van der Waals surface area (Å²) in [5.74, 6) is -0.993. The van der Waals surface area contributed by atoms with E-state index >= 15 is 0 Å². The van der Waals surface area contributed by atoms with Crippen LogP contribution in [0.1, 0.15) is 29.4 Å². The Morgan fingerprint density at radius 3 is 2.69 bits per heavy atom. The molecule has 0 unspecified atom stereocenters. The van der Waals surface area contributed by atoms with E-state index in [4.69, 9.17) is 5.11 Å². The molecule has 2 N–H and O–H groups in total. The molecule has 0 spiro atoms. The van der Waals surface area contributed by atoms with E-state index < -0.39 is 16.0 Å². The van der Waals surface area contributed by atoms with Crippen molar-refractivity contribution in [3.05, 3.63) is 17.0 Å². The van der Waals surface area contributed by atoms with Gasteiger partial charge in [0.15, 0.2) is 0 Å². The molecule has 0 aliphatic heterocycles. The summed E-state index contributed by atoms with van der Waals surface area (Å²) < 4.78 is 25.3. The second-order valence-electron chi connectivity index (χ2n) is 3.24. The van der Waals surface area contributed by atoms with Crippen LogP contribution in [-0.4, -0.2) is 25.2 Å². The Bertz CT molecular complexity index is 464. The van der Waals surface area contributed by atoms with Gasteiger partial charge in [-0.1, -0.05) is 13.3 Å². The molecule has 1 aromatic heterocycles. The Kier molecular flexibility index (Phi) is 4.31. The van der Waals surface area contributed by atoms with Crippen LogP contribution in [-0.2, 0) is 10.0 Å². The summed E-state index contributed by atoms with van der Waals surface area (Å²) in [5.41, 5.74) is 0. The molecule has 1 aromatic rings. The van der Waals surface area contributed by atoms with E-state index in [-0.39, 0.29) is 10.6 Å². The average molecular weight is 263 g/mol. The number of sulfonamides is 1. The molecule has 0 aliphatic carbocycles. The third kappa shape index (κ3) is 3.82. The van der Waals surface area contributed by atoms with E-state index in [1.165, 1.54) is 12.1 Å². The summed E-state index contributed by atoms with van der Waals surface area (Å²) in [6.45, 7) is 1.91. The number of hydrogen-bond acceptors (Lipinski definition) is 4. The Labute approximate surface area is 98.2 Å². The van der Waals surface area contributed by atoms with Gasteiger partial charge >= 0.3 is 5.97 Å². The van der Waals surface area contributed by atoms with Gasteiger partial charge in [0.05, 0.1) is 5.75 Å². The molecule has 0 saturated heterocycles. The van der Waals surface area contributed by atoms with Crippen LogP contribution in [0.3, 0.4) is 0 Å². The van der Waals surface area contributed by atoms with Gasteiger partial charge in [0.1, 0.15) is 9.88 Å². The number of carboxylic acid groups (broad SMARTS) is 1. The highest BCUT2D eigenvalue weighted by Crippen LogP contribution is 2.23. The first-order chi connectivity index (χ1) is 7.44. The summed E-state index contributed by atoms with van der Waals surface area (Å²) in [4.78, 5) is 10.7. The Morgan fingerprint density at radius 1 is 1.50 bits per heavy atom. The van der Waals surface area contributed by atoms with Gasteiger partial charge in [-0.3, -0.25) is 4.72 Å². The molecule has 0 fully saturated rings. The molecule has 1 rings (SSSR count). The summed E-state index contributed by atoms with van der Waals surface area (Å²) in [7, 11) is -3.34. The van der Waals surface area contributed by atoms with E-state index in [0.29, 0.717) is 11.4 Å². The fourth-order valence-corrected chi connectivity index (χ4v) is 3.34. The number of anilines is 1. The molecule has 90 valence electrons. The zero-order valence-electron chi connectivity index (χ0n) is 8.76. The molecule has 5 nitrogen and oxygen atoms in total. The van der Waals surface area contributed by atoms with Crippen LogP contribution in [0.4, 0.5) is 5.00 Å². The van der Waals surface area contributed by atoms with Crippen molar-refractivity contribution in [3.63, 3.8) is 0 Å². The number of thiophene rings is 1. The molecule has 1 heterocycles. The number of nitrogens with one attached hydrogen (secondary N) is 1. The van der Waals surface area contributed by atoms with Crippen molar-refractivity contribution < 1.29 is 18.3 Å². The lowest BCUT2D eigenvalue weighted by Gasteiger charge is -2.03. The molecule has 0 atom stereocenters. The number of hydrogen-bond donors (Lipinski definition) is 2. The third-order valence-electron chi connectivity index (χ3n) is 1.84. The summed E-state index contributed by atoms with van der Waals surface area (Å²) in [6, 6.07) is 2.84. The Morgan fingerprint density at radius 2 is 2.19 bits per heavy atom. The molecular formula is C9H13NO4S2. The lowest BCUT2D eigenvalue weighted by molar-refractivity contribution is 0.0702. The highest BCUT2D eigenvalue weighted by atomic mass is 32.2. The molecule has 0 aromatic carbocycles. The molecule has 0 amide bonds. The van der Waals surface area contributed by atoms with Crippen molar-refractivity contribution in [1.29, 1.82) is 0 Å². The van der Waals surface area contributed by atoms with Crippen LogP contribution in [0.15, 0.2) is 12.1 Å². The third-order valence-corrected chi connectivity index (χ3v) is 4.31. The summed E-state index contributed by atoms with van der Waals surface area (Å²) in [5, 5.41) is 9.01. The van der Waals surface area contributed by atoms with Gasteiger partial charge in [0, 0.05) is 0 Å². The van der Waals surface area contributed by atoms with Crippen molar-refractivity contribution in [1.82, 2.24) is 0 Å². The first-order valence-corrected chi connectivity index (χ1v) is 7.25. The monoisotopic (exact) mass is 263 g/mol. The minimum absolute atomic E-state index is 0.0593. The van der Waals surface area contributed by atoms with Gasteiger partial charge in [-0.2, -0.15) is 0 Å². The van der Waals surface area contributed by atoms with E-state index in [2.05, 4.69) is 4.72 Å². The fraction of sp³-hybridized carbons (Fsp3) is 0.444. The van der Waals surface area contributed by atoms with Crippen molar-refractivity contribution >= 4 is 32.3 Å². The largest absolute Gasteiger partial charge is 0.477 e. The highest BCUT2D eigenvalue weighted by molar-refractivity contribution is 7.92. The van der Waals surface area contributed by atoms with Crippen LogP contribution in [0.5, 0.6) is 0 Å². The van der Waals surface area contributed by atoms with E-state index in [0.717, 1.165) is 17.8 Å². The molecule has 0 radical (unpaired) electrons. The van der Waals surface area contributed by atoms with E-state index in [9.17, 15) is 13.2 Å². The Hall–Kier alpha value is -1.08. The van der Waals surface area contributed by atoms with Crippen LogP contribution < -0.4 is 4.72 Å². The normalized spacial score (nSPS) is 11.3. The van der Waals surface area contributed by atoms with Crippen molar-refractivity contribution in [2.75, 3.05) is 10.5 Å². The predicted molar refractivity (Wildman–Crippen MR) is 63.6 cm³/mol. The van der Waals surface area contributed by atoms with Crippen LogP contribution in [0.2, 0.25) is 0 Å². The lowest BCUT2D eigenvalue weighted by Crippen LogP contribution is -2.15. The highest BCUT2D eigenvalue weighted by Gasteiger charge is 2.13. The SMILES string of the molecule is CCCCS(=O)(=O)Nc1ccc(C(=O)O)s1. The smallest absolute Gasteiger partial charge is 0.345 e. The fourth-order valence-electron chi connectivity index (χ4n) is 1.05. The quantitative estimate of drug-likeness (QED) is 0.822. The lowest BCUT2D eigenvalue weighted by atomic mass is 10.4. The van der Waals surface area contributed by atoms with Crippen LogP contribution >= 0.6 is 11.3 Å². The number of carboxylic acids is 1. The van der Waals surface area contributed by atoms with Crippen LogP contribution in [0.25, 0.3) is 0 Å². The average Bonchev–Trinajstić information content (AvgIpc) is 2.62. The number of unbranched alkanes of at least 4 members (excludes halogenated alkanes) is 1. The van der Waals surface area contributed by atoms with Gasteiger partial charge in [-0.15, -0.1) is 11.3 Å². The molecule has 7 heteroatoms. The molecule has 0 aliphatic rings. The first kappa shape index (κ1) is 13.0. The summed E-state index contributed by atoms with van der Waals surface area (Å²) in [6.07, 6.45) is 1.39. The number of carbonyl (C=O) groups is 1. The van der Waals surface area contributed by atoms with Crippen LogP contribution in [0, 0.1) is 0 Å². The molecular weight excluding hydrogens is 250 g/mol. The first-order valence-electron chi connectivity index (χ1n) is 4.78. The zero-order valence-corrected chi connectivity index (χ0v) is 10.4. The minimum atomic E-state index is -3.34. The van der Waals surface area contributed by atoms with Gasteiger partial charge in [0.2, 0.25) is 10.0 Å². The minimum Gasteiger partial charge on any atom is -0.477 e. The maximum atomic E-state index is 11.5. The molecule has 16 heavy (non-hydrogen) atoms. The van der Waals surface area contributed by atoms with Crippen molar-refractivity contribution in [3.8, 4) is 0 Å². The number of aromatic carboxylic acids is 1. The maximum Gasteiger partial charge on any atom is 0.345 e. The summed E-state index contributed by atoms with van der Waals surface area (Å²) >= 11 is 0.911. The van der Waals surface area contributed by atoms with Gasteiger partial charge in [0.25, 0.3) is 0 Å². The standard InChI is InChI=1S/C9H13NO4S2/c1-2-3-6-16(13,14)10-8-5-4-7(15-8)9(11)12/h4-5,10H,2-3,6H2,1H3,(H,11,12). The maximum absolute atomic E-state index is 11.5. The van der Waals surface area contributed by atoms with Crippen molar-refractivity contribution in [2.24, 2.45) is 0 Å². The zero-order chi connectivity index (χ0) is 12.2. The van der Waals surface area contributed by atoms with E-state index in [1.807, 2.05) is 6.92 Å². The van der Waals surface area contributed by atoms with E-state index in [1.54, 1.807) is 0 Å². The molecule has 0 saturated carbocycles. The second kappa shape index (κ2) is 5.31. The number of rotatable bonds is 6. The topological polar surface area (TPSA) is 83.5 Å². The van der Waals surface area contributed by atoms with Gasteiger partial charge in [-0.05, 0) is 18.6 Å². The second-order valence-corrected chi connectivity index (χ2v) is 6.17. The Balaban J connectivity index is 2.69. The van der Waals surface area contributed by atoms with Gasteiger partial charge in [-0.25, -0.2) is 13.2 Å². The predicted octanol–water partition coefficient (Wildman–Crippen LogP) is 1.99.